The number of nitrogens with one attached hydrogen (secondary N) is 1. The first kappa shape index (κ1) is 21.6. The molecule has 0 bridgehead atoms. The van der Waals surface area contributed by atoms with Gasteiger partial charge >= 0.3 is 0 Å². The van der Waals surface area contributed by atoms with Gasteiger partial charge in [-0.05, 0) is 44.2 Å². The molecule has 0 aliphatic carbocycles. The number of primary amides is 1. The smallest absolute Gasteiger partial charge is 0.260 e. The zero-order chi connectivity index (χ0) is 22.0. The van der Waals surface area contributed by atoms with E-state index in [0.717, 1.165) is 30.0 Å². The zero-order valence-electron chi connectivity index (χ0n) is 17.5. The van der Waals surface area contributed by atoms with E-state index in [1.54, 1.807) is 0 Å². The van der Waals surface area contributed by atoms with Crippen LogP contribution in [0.1, 0.15) is 47.8 Å². The van der Waals surface area contributed by atoms with Crippen LogP contribution in [0.4, 0.5) is 11.5 Å². The Morgan fingerprint density at radius 3 is 2.97 bits per heavy atom. The van der Waals surface area contributed by atoms with Crippen LogP contribution in [0.3, 0.4) is 0 Å². The van der Waals surface area contributed by atoms with Crippen LogP contribution in [-0.2, 0) is 0 Å². The first-order valence-corrected chi connectivity index (χ1v) is 12.2. The fourth-order valence-electron chi connectivity index (χ4n) is 4.22. The summed E-state index contributed by atoms with van der Waals surface area (Å²) < 4.78 is 0. The summed E-state index contributed by atoms with van der Waals surface area (Å²) in [4.78, 5) is 20.9. The molecule has 162 valence electrons. The van der Waals surface area contributed by atoms with Gasteiger partial charge in [-0.25, -0.2) is 4.98 Å². The maximum absolute atomic E-state index is 11.9. The van der Waals surface area contributed by atoms with Crippen molar-refractivity contribution < 1.29 is 4.79 Å². The predicted octanol–water partition coefficient (Wildman–Crippen LogP) is 4.25. The van der Waals surface area contributed by atoms with E-state index >= 15 is 0 Å². The van der Waals surface area contributed by atoms with E-state index in [0.29, 0.717) is 39.9 Å². The molecular formula is C22H26N6OS2. The predicted molar refractivity (Wildman–Crippen MR) is 129 cm³/mol. The van der Waals surface area contributed by atoms with Crippen molar-refractivity contribution in [3.05, 3.63) is 28.0 Å². The van der Waals surface area contributed by atoms with Crippen molar-refractivity contribution in [3.8, 4) is 16.5 Å². The van der Waals surface area contributed by atoms with Crippen molar-refractivity contribution in [2.75, 3.05) is 30.7 Å². The fourth-order valence-corrected chi connectivity index (χ4v) is 5.96. The highest BCUT2D eigenvalue weighted by Crippen LogP contribution is 2.44. The van der Waals surface area contributed by atoms with E-state index in [-0.39, 0.29) is 4.88 Å². The number of hydrogen-bond donors (Lipinski definition) is 3. The minimum atomic E-state index is -0.582. The molecule has 0 radical (unpaired) electrons. The second kappa shape index (κ2) is 9.22. The first-order valence-electron chi connectivity index (χ1n) is 10.5. The van der Waals surface area contributed by atoms with Gasteiger partial charge in [-0.1, -0.05) is 12.5 Å². The van der Waals surface area contributed by atoms with Crippen molar-refractivity contribution in [2.24, 2.45) is 5.73 Å². The van der Waals surface area contributed by atoms with E-state index in [1.807, 2.05) is 17.5 Å². The lowest BCUT2D eigenvalue weighted by atomic mass is 10.0. The van der Waals surface area contributed by atoms with Gasteiger partial charge in [0.1, 0.15) is 27.2 Å². The fraction of sp³-hybridized carbons (Fsp3) is 0.409. The van der Waals surface area contributed by atoms with Crippen molar-refractivity contribution in [2.45, 2.75) is 38.6 Å². The minimum absolute atomic E-state index is 0.278. The molecule has 1 saturated heterocycles. The number of fused-ring (bicyclic) bond motifs is 1. The number of thiophene rings is 2. The van der Waals surface area contributed by atoms with Crippen LogP contribution in [0, 0.1) is 11.3 Å². The number of nitriles is 1. The molecule has 1 aliphatic heterocycles. The Labute approximate surface area is 189 Å². The molecule has 4 heterocycles. The lowest BCUT2D eigenvalue weighted by Crippen LogP contribution is -2.38. The zero-order valence-corrected chi connectivity index (χ0v) is 19.1. The molecule has 1 aliphatic rings. The van der Waals surface area contributed by atoms with E-state index in [2.05, 4.69) is 28.2 Å². The Bertz CT molecular complexity index is 1130. The molecule has 1 atom stereocenters. The van der Waals surface area contributed by atoms with Gasteiger partial charge in [0, 0.05) is 35.0 Å². The molecule has 0 saturated carbocycles. The van der Waals surface area contributed by atoms with E-state index in [9.17, 15) is 10.1 Å². The quantitative estimate of drug-likeness (QED) is 0.459. The molecule has 3 aromatic heterocycles. The van der Waals surface area contributed by atoms with Crippen molar-refractivity contribution in [1.82, 2.24) is 9.88 Å². The molecular weight excluding hydrogens is 428 g/mol. The van der Waals surface area contributed by atoms with Crippen LogP contribution in [-0.4, -0.2) is 41.5 Å². The number of likely N-dealkylation sites (tertiary alicyclic amines) is 1. The maximum Gasteiger partial charge on any atom is 0.260 e. The number of nitrogen functional groups attached to an aromatic ring is 1. The third-order valence-corrected chi connectivity index (χ3v) is 7.84. The number of nitrogens with two attached hydrogens (primary N) is 2. The summed E-state index contributed by atoms with van der Waals surface area (Å²) >= 11 is 2.70. The Morgan fingerprint density at radius 1 is 1.45 bits per heavy atom. The Morgan fingerprint density at radius 2 is 2.29 bits per heavy atom. The molecule has 1 amide bonds. The third-order valence-electron chi connectivity index (χ3n) is 5.84. The molecule has 5 N–H and O–H groups in total. The normalized spacial score (nSPS) is 17.0. The van der Waals surface area contributed by atoms with Crippen molar-refractivity contribution in [1.29, 1.82) is 5.26 Å². The highest BCUT2D eigenvalue weighted by molar-refractivity contribution is 7.21. The molecule has 3 aromatic rings. The topological polar surface area (TPSA) is 121 Å². The highest BCUT2D eigenvalue weighted by atomic mass is 32.1. The highest BCUT2D eigenvalue weighted by Gasteiger charge is 2.24. The van der Waals surface area contributed by atoms with Crippen LogP contribution >= 0.6 is 22.7 Å². The van der Waals surface area contributed by atoms with E-state index < -0.39 is 5.91 Å². The average Bonchev–Trinajstić information content (AvgIpc) is 3.40. The molecule has 0 spiro atoms. The second-order valence-corrected chi connectivity index (χ2v) is 9.80. The number of rotatable bonds is 7. The number of piperidine rings is 1. The minimum Gasteiger partial charge on any atom is -0.397 e. The van der Waals surface area contributed by atoms with Gasteiger partial charge in [-0.15, -0.1) is 22.7 Å². The number of hydrogen-bond acceptors (Lipinski definition) is 8. The number of anilines is 2. The van der Waals surface area contributed by atoms with Gasteiger partial charge in [-0.3, -0.25) is 4.79 Å². The largest absolute Gasteiger partial charge is 0.397 e. The van der Waals surface area contributed by atoms with Crippen LogP contribution < -0.4 is 16.8 Å². The van der Waals surface area contributed by atoms with Crippen LogP contribution in [0.5, 0.6) is 0 Å². The van der Waals surface area contributed by atoms with E-state index in [4.69, 9.17) is 11.5 Å². The number of amides is 1. The third kappa shape index (κ3) is 4.24. The lowest BCUT2D eigenvalue weighted by molar-refractivity contribution is 0.100. The van der Waals surface area contributed by atoms with Gasteiger partial charge < -0.3 is 21.7 Å². The Kier molecular flexibility index (Phi) is 6.41. The standard InChI is InChI=1S/C22H26N6OS2/c1-13-6-2-3-9-28(13)10-5-8-26-21-14(12-23)16(15-7-4-11-30-15)17-18(24)19(20(25)29)31-22(17)27-21/h4,7,11,13H,2-3,5-6,8-10,24H2,1H3,(H2,25,29)(H,26,27). The monoisotopic (exact) mass is 454 g/mol. The summed E-state index contributed by atoms with van der Waals surface area (Å²) in [6.45, 7) is 5.18. The molecule has 9 heteroatoms. The summed E-state index contributed by atoms with van der Waals surface area (Å²) in [7, 11) is 0. The van der Waals surface area contributed by atoms with Gasteiger partial charge in [-0.2, -0.15) is 5.26 Å². The molecule has 31 heavy (non-hydrogen) atoms. The van der Waals surface area contributed by atoms with Crippen molar-refractivity contribution in [3.63, 3.8) is 0 Å². The SMILES string of the molecule is CC1CCCCN1CCCNc1nc2sc(C(N)=O)c(N)c2c(-c2cccs2)c1C#N. The van der Waals surface area contributed by atoms with Crippen molar-refractivity contribution >= 4 is 50.3 Å². The Hall–Kier alpha value is -2.67. The number of aromatic nitrogens is 1. The van der Waals surface area contributed by atoms with Crippen LogP contribution in [0.2, 0.25) is 0 Å². The number of carbonyl (C=O) groups excluding carboxylic acids is 1. The lowest BCUT2D eigenvalue weighted by Gasteiger charge is -2.33. The summed E-state index contributed by atoms with van der Waals surface area (Å²) in [6, 6.07) is 6.82. The van der Waals surface area contributed by atoms with Crippen LogP contribution in [0.25, 0.3) is 20.7 Å². The summed E-state index contributed by atoms with van der Waals surface area (Å²) in [5.74, 6) is -0.0522. The molecule has 4 rings (SSSR count). The number of carbonyl (C=O) groups is 1. The number of pyridine rings is 1. The maximum atomic E-state index is 11.9. The molecule has 0 aromatic carbocycles. The van der Waals surface area contributed by atoms with Gasteiger partial charge in [0.25, 0.3) is 5.91 Å². The Balaban J connectivity index is 1.65. The molecule has 1 fully saturated rings. The summed E-state index contributed by atoms with van der Waals surface area (Å²) in [5.41, 5.74) is 13.3. The van der Waals surface area contributed by atoms with Crippen LogP contribution in [0.15, 0.2) is 17.5 Å². The first-order chi connectivity index (χ1) is 15.0. The van der Waals surface area contributed by atoms with Gasteiger partial charge in [0.05, 0.1) is 5.69 Å². The van der Waals surface area contributed by atoms with Gasteiger partial charge in [0.2, 0.25) is 0 Å². The molecule has 1 unspecified atom stereocenters. The second-order valence-electron chi connectivity index (χ2n) is 7.85. The summed E-state index contributed by atoms with van der Waals surface area (Å²) in [6.07, 6.45) is 4.80. The van der Waals surface area contributed by atoms with Gasteiger partial charge in [0.15, 0.2) is 0 Å². The average molecular weight is 455 g/mol. The summed E-state index contributed by atoms with van der Waals surface area (Å²) in [5, 5.41) is 15.9. The van der Waals surface area contributed by atoms with E-state index in [1.165, 1.54) is 41.9 Å². The molecule has 7 nitrogen and oxygen atoms in total. The number of nitrogens with zero attached hydrogens (tertiary/aromatic N) is 3.